The first-order valence-electron chi connectivity index (χ1n) is 9.13. The van der Waals surface area contributed by atoms with Crippen molar-refractivity contribution in [2.75, 3.05) is 40.5 Å². The Balaban J connectivity index is 1.53. The third kappa shape index (κ3) is 5.75. The number of hydrogen-bond acceptors (Lipinski definition) is 5. The molecule has 144 valence electrons. The van der Waals surface area contributed by atoms with Crippen LogP contribution >= 0.6 is 27.5 Å². The van der Waals surface area contributed by atoms with Gasteiger partial charge in [-0.25, -0.2) is 0 Å². The fourth-order valence-electron chi connectivity index (χ4n) is 2.86. The molecule has 1 aromatic heterocycles. The lowest BCUT2D eigenvalue weighted by Crippen LogP contribution is -2.24. The Morgan fingerprint density at radius 1 is 1.04 bits per heavy atom. The van der Waals surface area contributed by atoms with Gasteiger partial charge < -0.3 is 14.4 Å². The van der Waals surface area contributed by atoms with E-state index in [0.29, 0.717) is 0 Å². The van der Waals surface area contributed by atoms with Gasteiger partial charge in [-0.3, -0.25) is 0 Å². The predicted octanol–water partition coefficient (Wildman–Crippen LogP) is 5.46. The van der Waals surface area contributed by atoms with Crippen molar-refractivity contribution in [1.29, 1.82) is 0 Å². The van der Waals surface area contributed by atoms with E-state index >= 15 is 0 Å². The Hall–Kier alpha value is -1.47. The van der Waals surface area contributed by atoms with Crippen molar-refractivity contribution in [3.63, 3.8) is 0 Å². The number of benzene rings is 2. The third-order valence-corrected chi connectivity index (χ3v) is 5.78. The number of nitrogens with zero attached hydrogens (tertiary/aromatic N) is 2. The van der Waals surface area contributed by atoms with Crippen LogP contribution in [0.3, 0.4) is 0 Å². The molecule has 0 saturated carbocycles. The molecule has 6 heteroatoms. The smallest absolute Gasteiger partial charge is 0.120 e. The molecule has 0 aliphatic rings. The zero-order valence-electron chi connectivity index (χ0n) is 15.8. The second-order valence-corrected chi connectivity index (χ2v) is 8.27. The van der Waals surface area contributed by atoms with Crippen LogP contribution in [0.15, 0.2) is 46.9 Å². The molecule has 0 bridgehead atoms. The SMILES string of the molecule is COCCN(C)CCCCOc1ccc2c(-c3ccc(Br)cc3)nsc2c1. The number of aromatic nitrogens is 1. The summed E-state index contributed by atoms with van der Waals surface area (Å²) in [7, 11) is 3.87. The maximum Gasteiger partial charge on any atom is 0.120 e. The van der Waals surface area contributed by atoms with Gasteiger partial charge >= 0.3 is 0 Å². The molecule has 0 atom stereocenters. The topological polar surface area (TPSA) is 34.6 Å². The molecular weight excluding hydrogens is 424 g/mol. The number of rotatable bonds is 10. The van der Waals surface area contributed by atoms with Gasteiger partial charge in [0.15, 0.2) is 0 Å². The monoisotopic (exact) mass is 448 g/mol. The minimum absolute atomic E-state index is 0.738. The van der Waals surface area contributed by atoms with E-state index in [-0.39, 0.29) is 0 Å². The molecule has 2 aromatic carbocycles. The molecule has 0 radical (unpaired) electrons. The summed E-state index contributed by atoms with van der Waals surface area (Å²) in [5.41, 5.74) is 2.17. The Kier molecular flexibility index (Phi) is 7.64. The summed E-state index contributed by atoms with van der Waals surface area (Å²) < 4.78 is 17.9. The fraction of sp³-hybridized carbons (Fsp3) is 0.381. The Bertz CT molecular complexity index is 851. The standard InChI is InChI=1S/C21H25BrN2O2S/c1-24(12-14-25-2)11-3-4-13-26-18-9-10-19-20(15-18)27-23-21(19)16-5-7-17(22)8-6-16/h5-10,15H,3-4,11-14H2,1-2H3. The first kappa shape index (κ1) is 20.3. The normalized spacial score (nSPS) is 11.4. The molecule has 1 heterocycles. The first-order chi connectivity index (χ1) is 13.2. The molecule has 3 aromatic rings. The molecule has 0 spiro atoms. The van der Waals surface area contributed by atoms with Crippen LogP contribution in [0, 0.1) is 0 Å². The summed E-state index contributed by atoms with van der Waals surface area (Å²) in [6, 6.07) is 14.5. The average molecular weight is 449 g/mol. The first-order valence-corrected chi connectivity index (χ1v) is 10.7. The van der Waals surface area contributed by atoms with Crippen LogP contribution in [0.4, 0.5) is 0 Å². The predicted molar refractivity (Wildman–Crippen MR) is 117 cm³/mol. The number of methoxy groups -OCH3 is 1. The van der Waals surface area contributed by atoms with E-state index in [0.717, 1.165) is 65.3 Å². The van der Waals surface area contributed by atoms with E-state index < -0.39 is 0 Å². The summed E-state index contributed by atoms with van der Waals surface area (Å²) >= 11 is 5.00. The van der Waals surface area contributed by atoms with Gasteiger partial charge in [0.1, 0.15) is 5.75 Å². The highest BCUT2D eigenvalue weighted by atomic mass is 79.9. The average Bonchev–Trinajstić information content (AvgIpc) is 3.10. The van der Waals surface area contributed by atoms with Crippen molar-refractivity contribution in [2.24, 2.45) is 0 Å². The van der Waals surface area contributed by atoms with Crippen molar-refractivity contribution in [2.45, 2.75) is 12.8 Å². The van der Waals surface area contributed by atoms with E-state index in [2.05, 4.69) is 56.5 Å². The summed E-state index contributed by atoms with van der Waals surface area (Å²) in [4.78, 5) is 2.29. The number of unbranched alkanes of at least 4 members (excludes halogenated alkanes) is 1. The number of halogens is 1. The lowest BCUT2D eigenvalue weighted by atomic mass is 10.1. The highest BCUT2D eigenvalue weighted by molar-refractivity contribution is 9.10. The van der Waals surface area contributed by atoms with Crippen molar-refractivity contribution in [1.82, 2.24) is 9.27 Å². The molecule has 0 aliphatic heterocycles. The van der Waals surface area contributed by atoms with Crippen LogP contribution in [0.2, 0.25) is 0 Å². The Morgan fingerprint density at radius 2 is 1.85 bits per heavy atom. The van der Waals surface area contributed by atoms with Gasteiger partial charge in [-0.1, -0.05) is 28.1 Å². The molecule has 3 rings (SSSR count). The summed E-state index contributed by atoms with van der Waals surface area (Å²) in [5, 5.41) is 1.18. The number of likely N-dealkylation sites (N-methyl/N-ethyl adjacent to an activating group) is 1. The number of hydrogen-bond donors (Lipinski definition) is 0. The van der Waals surface area contributed by atoms with Crippen LogP contribution in [0.1, 0.15) is 12.8 Å². The lowest BCUT2D eigenvalue weighted by Gasteiger charge is -2.15. The van der Waals surface area contributed by atoms with Crippen LogP contribution in [-0.2, 0) is 4.74 Å². The van der Waals surface area contributed by atoms with E-state index in [1.165, 1.54) is 16.9 Å². The highest BCUT2D eigenvalue weighted by Crippen LogP contribution is 2.33. The van der Waals surface area contributed by atoms with Crippen molar-refractivity contribution >= 4 is 37.5 Å². The number of fused-ring (bicyclic) bond motifs is 1. The van der Waals surface area contributed by atoms with E-state index in [1.54, 1.807) is 7.11 Å². The summed E-state index contributed by atoms with van der Waals surface area (Å²) in [6.07, 6.45) is 2.17. The van der Waals surface area contributed by atoms with Crippen LogP contribution < -0.4 is 4.74 Å². The van der Waals surface area contributed by atoms with Gasteiger partial charge in [-0.2, -0.15) is 4.37 Å². The largest absolute Gasteiger partial charge is 0.494 e. The van der Waals surface area contributed by atoms with Gasteiger partial charge in [0, 0.05) is 29.1 Å². The molecule has 27 heavy (non-hydrogen) atoms. The molecule has 0 N–H and O–H groups in total. The number of ether oxygens (including phenoxy) is 2. The van der Waals surface area contributed by atoms with Gasteiger partial charge in [0.25, 0.3) is 0 Å². The van der Waals surface area contributed by atoms with Gasteiger partial charge in [0.05, 0.1) is 23.6 Å². The van der Waals surface area contributed by atoms with Crippen LogP contribution in [-0.4, -0.2) is 49.7 Å². The van der Waals surface area contributed by atoms with Gasteiger partial charge in [-0.15, -0.1) is 0 Å². The second kappa shape index (κ2) is 10.2. The Morgan fingerprint density at radius 3 is 2.63 bits per heavy atom. The zero-order valence-corrected chi connectivity index (χ0v) is 18.2. The quantitative estimate of drug-likeness (QED) is 0.385. The van der Waals surface area contributed by atoms with Crippen LogP contribution in [0.5, 0.6) is 5.75 Å². The molecular formula is C21H25BrN2O2S. The van der Waals surface area contributed by atoms with E-state index in [4.69, 9.17) is 9.47 Å². The lowest BCUT2D eigenvalue weighted by molar-refractivity contribution is 0.159. The molecule has 0 saturated heterocycles. The van der Waals surface area contributed by atoms with Gasteiger partial charge in [-0.05, 0) is 68.3 Å². The molecule has 4 nitrogen and oxygen atoms in total. The molecule has 0 aliphatic carbocycles. The third-order valence-electron chi connectivity index (χ3n) is 4.44. The molecule has 0 amide bonds. The van der Waals surface area contributed by atoms with E-state index in [1.807, 2.05) is 18.2 Å². The maximum absolute atomic E-state index is 5.94. The Labute approximate surface area is 173 Å². The minimum atomic E-state index is 0.738. The molecule has 0 unspecified atom stereocenters. The zero-order chi connectivity index (χ0) is 19.1. The highest BCUT2D eigenvalue weighted by Gasteiger charge is 2.09. The second-order valence-electron chi connectivity index (χ2n) is 6.55. The molecule has 0 fully saturated rings. The minimum Gasteiger partial charge on any atom is -0.494 e. The van der Waals surface area contributed by atoms with Crippen molar-refractivity contribution in [3.8, 4) is 17.0 Å². The summed E-state index contributed by atoms with van der Waals surface area (Å²) in [5.74, 6) is 0.918. The maximum atomic E-state index is 5.94. The fourth-order valence-corrected chi connectivity index (χ4v) is 3.95. The van der Waals surface area contributed by atoms with E-state index in [9.17, 15) is 0 Å². The van der Waals surface area contributed by atoms with Crippen molar-refractivity contribution in [3.05, 3.63) is 46.9 Å². The van der Waals surface area contributed by atoms with Crippen molar-refractivity contribution < 1.29 is 9.47 Å². The van der Waals surface area contributed by atoms with Gasteiger partial charge in [0.2, 0.25) is 0 Å². The summed E-state index contributed by atoms with van der Waals surface area (Å²) in [6.45, 7) is 3.56. The van der Waals surface area contributed by atoms with Crippen LogP contribution in [0.25, 0.3) is 21.3 Å².